The van der Waals surface area contributed by atoms with E-state index in [1.165, 1.54) is 5.56 Å². The van der Waals surface area contributed by atoms with E-state index in [0.29, 0.717) is 6.42 Å². The van der Waals surface area contributed by atoms with Gasteiger partial charge in [-0.3, -0.25) is 4.79 Å². The molecular weight excluding hydrogens is 252 g/mol. The van der Waals surface area contributed by atoms with Crippen molar-refractivity contribution in [3.63, 3.8) is 0 Å². The highest BCUT2D eigenvalue weighted by atomic mass is 16.4. The van der Waals surface area contributed by atoms with Crippen LogP contribution in [0.2, 0.25) is 0 Å². The predicted molar refractivity (Wildman–Crippen MR) is 75.8 cm³/mol. The van der Waals surface area contributed by atoms with Gasteiger partial charge in [0.05, 0.1) is 5.69 Å². The summed E-state index contributed by atoms with van der Waals surface area (Å²) in [5, 5.41) is 9.33. The number of aliphatic carboxylic acids is 1. The molecule has 0 bridgehead atoms. The van der Waals surface area contributed by atoms with E-state index in [9.17, 15) is 9.90 Å². The molecular formula is C16H18N2O2. The summed E-state index contributed by atoms with van der Waals surface area (Å²) in [6, 6.07) is 10.2. The Morgan fingerprint density at radius 3 is 2.85 bits per heavy atom. The molecule has 1 atom stereocenters. The van der Waals surface area contributed by atoms with Crippen molar-refractivity contribution in [2.24, 2.45) is 7.05 Å². The average Bonchev–Trinajstić information content (AvgIpc) is 2.77. The van der Waals surface area contributed by atoms with Crippen molar-refractivity contribution in [3.05, 3.63) is 53.1 Å². The average molecular weight is 270 g/mol. The molecule has 4 heteroatoms. The van der Waals surface area contributed by atoms with E-state index in [1.54, 1.807) is 0 Å². The van der Waals surface area contributed by atoms with Gasteiger partial charge in [0.1, 0.15) is 11.7 Å². The van der Waals surface area contributed by atoms with Crippen LogP contribution in [0, 0.1) is 0 Å². The number of aromatic nitrogens is 2. The predicted octanol–water partition coefficient (Wildman–Crippen LogP) is 2.52. The Bertz CT molecular complexity index is 631. The number of imidazole rings is 1. The molecule has 0 amide bonds. The summed E-state index contributed by atoms with van der Waals surface area (Å²) in [7, 11) is 1.99. The van der Waals surface area contributed by atoms with Crippen LogP contribution in [0.5, 0.6) is 0 Å². The summed E-state index contributed by atoms with van der Waals surface area (Å²) in [5.74, 6) is -0.237. The monoisotopic (exact) mass is 270 g/mol. The van der Waals surface area contributed by atoms with Gasteiger partial charge in [-0.2, -0.15) is 0 Å². The molecule has 1 aromatic heterocycles. The molecule has 3 rings (SSSR count). The molecule has 0 fully saturated rings. The third-order valence-electron chi connectivity index (χ3n) is 4.08. The van der Waals surface area contributed by atoms with Gasteiger partial charge >= 0.3 is 5.97 Å². The maximum absolute atomic E-state index is 11.3. The minimum atomic E-state index is -0.754. The fraction of sp³-hybridized carbons (Fsp3) is 0.375. The fourth-order valence-corrected chi connectivity index (χ4v) is 2.97. The molecule has 1 aliphatic carbocycles. The van der Waals surface area contributed by atoms with Crippen molar-refractivity contribution in [3.8, 4) is 0 Å². The molecule has 1 N–H and O–H groups in total. The highest BCUT2D eigenvalue weighted by Crippen LogP contribution is 2.32. The van der Waals surface area contributed by atoms with Crippen LogP contribution in [0.15, 0.2) is 30.3 Å². The van der Waals surface area contributed by atoms with Crippen molar-refractivity contribution >= 4 is 5.97 Å². The van der Waals surface area contributed by atoms with Gasteiger partial charge in [-0.25, -0.2) is 4.98 Å². The largest absolute Gasteiger partial charge is 0.481 e. The lowest BCUT2D eigenvalue weighted by molar-refractivity contribution is -0.139. The van der Waals surface area contributed by atoms with Crippen molar-refractivity contribution in [1.29, 1.82) is 0 Å². The molecule has 2 aromatic rings. The summed E-state index contributed by atoms with van der Waals surface area (Å²) < 4.78 is 2.08. The highest BCUT2D eigenvalue weighted by Gasteiger charge is 2.31. The summed E-state index contributed by atoms with van der Waals surface area (Å²) in [6.07, 6.45) is 3.30. The zero-order valence-corrected chi connectivity index (χ0v) is 11.5. The molecule has 1 aromatic carbocycles. The zero-order valence-electron chi connectivity index (χ0n) is 11.5. The number of nitrogens with zero attached hydrogens (tertiary/aromatic N) is 2. The van der Waals surface area contributed by atoms with Crippen LogP contribution in [0.3, 0.4) is 0 Å². The van der Waals surface area contributed by atoms with Crippen LogP contribution in [0.4, 0.5) is 0 Å². The second-order valence-corrected chi connectivity index (χ2v) is 5.36. The van der Waals surface area contributed by atoms with Crippen molar-refractivity contribution in [2.45, 2.75) is 31.6 Å². The first-order valence-corrected chi connectivity index (χ1v) is 6.98. The third kappa shape index (κ3) is 2.22. The molecule has 1 unspecified atom stereocenters. The summed E-state index contributed by atoms with van der Waals surface area (Å²) >= 11 is 0. The molecule has 4 nitrogen and oxygen atoms in total. The van der Waals surface area contributed by atoms with Crippen molar-refractivity contribution < 1.29 is 9.90 Å². The smallest absolute Gasteiger partial charge is 0.312 e. The lowest BCUT2D eigenvalue weighted by Gasteiger charge is -2.18. The number of rotatable bonds is 3. The van der Waals surface area contributed by atoms with Gasteiger partial charge < -0.3 is 9.67 Å². The number of hydrogen-bond acceptors (Lipinski definition) is 2. The number of hydrogen-bond donors (Lipinski definition) is 1. The van der Waals surface area contributed by atoms with E-state index in [1.807, 2.05) is 25.2 Å². The second kappa shape index (κ2) is 5.12. The summed E-state index contributed by atoms with van der Waals surface area (Å²) in [4.78, 5) is 16.0. The van der Waals surface area contributed by atoms with E-state index >= 15 is 0 Å². The first-order valence-electron chi connectivity index (χ1n) is 6.98. The van der Waals surface area contributed by atoms with E-state index in [4.69, 9.17) is 0 Å². The molecule has 20 heavy (non-hydrogen) atoms. The van der Waals surface area contributed by atoms with E-state index in [-0.39, 0.29) is 0 Å². The maximum Gasteiger partial charge on any atom is 0.312 e. The summed E-state index contributed by atoms with van der Waals surface area (Å²) in [6.45, 7) is 0. The van der Waals surface area contributed by atoms with E-state index in [2.05, 4.69) is 21.7 Å². The molecule has 0 radical (unpaired) electrons. The topological polar surface area (TPSA) is 55.1 Å². The lowest BCUT2D eigenvalue weighted by Crippen LogP contribution is -2.18. The minimum Gasteiger partial charge on any atom is -0.481 e. The lowest BCUT2D eigenvalue weighted by atomic mass is 9.90. The van der Waals surface area contributed by atoms with Gasteiger partial charge in [0.25, 0.3) is 0 Å². The Balaban J connectivity index is 1.96. The van der Waals surface area contributed by atoms with Crippen LogP contribution in [-0.4, -0.2) is 20.6 Å². The molecule has 104 valence electrons. The van der Waals surface area contributed by atoms with Crippen molar-refractivity contribution in [1.82, 2.24) is 9.55 Å². The maximum atomic E-state index is 11.3. The van der Waals surface area contributed by atoms with Crippen LogP contribution < -0.4 is 0 Å². The molecule has 0 saturated carbocycles. The number of carboxylic acids is 1. The number of benzene rings is 1. The minimum absolute atomic E-state index is 0.436. The highest BCUT2D eigenvalue weighted by molar-refractivity contribution is 5.76. The van der Waals surface area contributed by atoms with Gasteiger partial charge in [-0.05, 0) is 24.8 Å². The summed E-state index contributed by atoms with van der Waals surface area (Å²) in [5.41, 5.74) is 3.07. The SMILES string of the molecule is Cn1c(Cc2ccccc2)nc2c1CCCC2C(=O)O. The third-order valence-corrected chi connectivity index (χ3v) is 4.08. The van der Waals surface area contributed by atoms with Gasteiger partial charge in [0.2, 0.25) is 0 Å². The van der Waals surface area contributed by atoms with Gasteiger partial charge in [0, 0.05) is 19.2 Å². The Kier molecular flexibility index (Phi) is 3.30. The number of fused-ring (bicyclic) bond motifs is 1. The Labute approximate surface area is 118 Å². The molecule has 0 spiro atoms. The quantitative estimate of drug-likeness (QED) is 0.932. The van der Waals surface area contributed by atoms with Crippen LogP contribution >= 0.6 is 0 Å². The molecule has 0 aliphatic heterocycles. The van der Waals surface area contributed by atoms with Crippen LogP contribution in [0.25, 0.3) is 0 Å². The van der Waals surface area contributed by atoms with Crippen LogP contribution in [0.1, 0.15) is 41.5 Å². The van der Waals surface area contributed by atoms with Crippen molar-refractivity contribution in [2.75, 3.05) is 0 Å². The Morgan fingerprint density at radius 2 is 2.15 bits per heavy atom. The molecule has 1 aliphatic rings. The first kappa shape index (κ1) is 12.9. The first-order chi connectivity index (χ1) is 9.66. The van der Waals surface area contributed by atoms with Gasteiger partial charge in [0.15, 0.2) is 0 Å². The van der Waals surface area contributed by atoms with E-state index in [0.717, 1.165) is 36.5 Å². The van der Waals surface area contributed by atoms with Crippen LogP contribution in [-0.2, 0) is 24.7 Å². The second-order valence-electron chi connectivity index (χ2n) is 5.36. The van der Waals surface area contributed by atoms with E-state index < -0.39 is 11.9 Å². The number of carboxylic acid groups (broad SMARTS) is 1. The van der Waals surface area contributed by atoms with Gasteiger partial charge in [-0.15, -0.1) is 0 Å². The van der Waals surface area contributed by atoms with Gasteiger partial charge in [-0.1, -0.05) is 30.3 Å². The zero-order chi connectivity index (χ0) is 14.1. The normalized spacial score (nSPS) is 17.8. The Morgan fingerprint density at radius 1 is 1.40 bits per heavy atom. The standard InChI is InChI=1S/C16H18N2O2/c1-18-13-9-5-8-12(16(19)20)15(13)17-14(18)10-11-6-3-2-4-7-11/h2-4,6-7,12H,5,8-10H2,1H3,(H,19,20). The molecule has 1 heterocycles. The number of carbonyl (C=O) groups is 1. The molecule has 0 saturated heterocycles. The fourth-order valence-electron chi connectivity index (χ4n) is 2.97. The Hall–Kier alpha value is -2.10.